The van der Waals surface area contributed by atoms with Crippen molar-refractivity contribution in [2.75, 3.05) is 19.1 Å². The van der Waals surface area contributed by atoms with Gasteiger partial charge in [0.05, 0.1) is 6.61 Å². The number of carbonyl (C=O) groups excluding carboxylic acids is 1. The van der Waals surface area contributed by atoms with Crippen LogP contribution in [0.1, 0.15) is 26.2 Å². The van der Waals surface area contributed by atoms with Crippen LogP contribution in [0.25, 0.3) is 0 Å². The van der Waals surface area contributed by atoms with Gasteiger partial charge in [0.15, 0.2) is 0 Å². The van der Waals surface area contributed by atoms with Crippen LogP contribution in [0.2, 0.25) is 0 Å². The van der Waals surface area contributed by atoms with Crippen molar-refractivity contribution in [1.29, 1.82) is 0 Å². The zero-order valence-electron chi connectivity index (χ0n) is 9.35. The van der Waals surface area contributed by atoms with Gasteiger partial charge in [-0.05, 0) is 19.8 Å². The van der Waals surface area contributed by atoms with Crippen LogP contribution in [0.3, 0.4) is 0 Å². The minimum absolute atomic E-state index is 0.0262. The third kappa shape index (κ3) is 10.1. The molecule has 0 aromatic carbocycles. The van der Waals surface area contributed by atoms with Gasteiger partial charge < -0.3 is 10.1 Å². The summed E-state index contributed by atoms with van der Waals surface area (Å²) >= 11 is 5.51. The molecule has 0 aliphatic carbocycles. The SMILES string of the molecule is CC(CCCCl)NC(=O)CCOCC(F)F. The second-order valence-corrected chi connectivity index (χ2v) is 3.89. The second kappa shape index (κ2) is 9.78. The van der Waals surface area contributed by atoms with Crippen molar-refractivity contribution < 1.29 is 18.3 Å². The number of amides is 1. The highest BCUT2D eigenvalue weighted by Gasteiger charge is 2.07. The maximum Gasteiger partial charge on any atom is 0.261 e. The van der Waals surface area contributed by atoms with Crippen molar-refractivity contribution in [2.24, 2.45) is 0 Å². The van der Waals surface area contributed by atoms with Crippen LogP contribution in [-0.2, 0) is 9.53 Å². The van der Waals surface area contributed by atoms with Gasteiger partial charge in [-0.25, -0.2) is 8.78 Å². The molecule has 0 aromatic heterocycles. The Hall–Kier alpha value is -0.420. The van der Waals surface area contributed by atoms with Crippen LogP contribution in [-0.4, -0.2) is 37.5 Å². The lowest BCUT2D eigenvalue weighted by molar-refractivity contribution is -0.123. The molecule has 0 saturated carbocycles. The normalized spacial score (nSPS) is 12.8. The Morgan fingerprint density at radius 1 is 1.50 bits per heavy atom. The standard InChI is InChI=1S/C10H18ClF2NO2/c1-8(3-2-5-11)14-10(15)4-6-16-7-9(12)13/h8-9H,2-7H2,1H3,(H,14,15). The first-order chi connectivity index (χ1) is 7.56. The Labute approximate surface area is 99.5 Å². The molecule has 0 rings (SSSR count). The third-order valence-corrected chi connectivity index (χ3v) is 2.16. The summed E-state index contributed by atoms with van der Waals surface area (Å²) in [4.78, 5) is 11.2. The Balaban J connectivity index is 3.43. The van der Waals surface area contributed by atoms with Gasteiger partial charge in [-0.3, -0.25) is 4.79 Å². The third-order valence-electron chi connectivity index (χ3n) is 1.90. The molecule has 16 heavy (non-hydrogen) atoms. The summed E-state index contributed by atoms with van der Waals surface area (Å²) in [6, 6.07) is 0.0568. The van der Waals surface area contributed by atoms with Crippen molar-refractivity contribution in [3.63, 3.8) is 0 Å². The molecule has 1 N–H and O–H groups in total. The van der Waals surface area contributed by atoms with Gasteiger partial charge in [-0.2, -0.15) is 0 Å². The molecule has 96 valence electrons. The zero-order chi connectivity index (χ0) is 12.4. The fraction of sp³-hybridized carbons (Fsp3) is 0.900. The Morgan fingerprint density at radius 3 is 2.75 bits per heavy atom. The highest BCUT2D eigenvalue weighted by molar-refractivity contribution is 6.17. The summed E-state index contributed by atoms with van der Waals surface area (Å²) in [7, 11) is 0. The summed E-state index contributed by atoms with van der Waals surface area (Å²) in [6.07, 6.45) is -0.721. The fourth-order valence-electron chi connectivity index (χ4n) is 1.14. The lowest BCUT2D eigenvalue weighted by Crippen LogP contribution is -2.33. The molecule has 0 fully saturated rings. The number of carbonyl (C=O) groups is 1. The van der Waals surface area contributed by atoms with Gasteiger partial charge in [0.25, 0.3) is 6.43 Å². The summed E-state index contributed by atoms with van der Waals surface area (Å²) in [5, 5.41) is 2.74. The van der Waals surface area contributed by atoms with E-state index in [2.05, 4.69) is 10.1 Å². The van der Waals surface area contributed by atoms with Crippen molar-refractivity contribution in [2.45, 2.75) is 38.7 Å². The smallest absolute Gasteiger partial charge is 0.261 e. The Morgan fingerprint density at radius 2 is 2.19 bits per heavy atom. The Kier molecular flexibility index (Phi) is 9.52. The molecule has 1 amide bonds. The molecule has 3 nitrogen and oxygen atoms in total. The lowest BCUT2D eigenvalue weighted by atomic mass is 10.2. The Bertz CT molecular complexity index is 194. The quantitative estimate of drug-likeness (QED) is 0.508. The van der Waals surface area contributed by atoms with E-state index in [1.165, 1.54) is 0 Å². The monoisotopic (exact) mass is 257 g/mol. The van der Waals surface area contributed by atoms with Crippen LogP contribution in [0.15, 0.2) is 0 Å². The van der Waals surface area contributed by atoms with Crippen LogP contribution < -0.4 is 5.32 Å². The van der Waals surface area contributed by atoms with E-state index in [1.54, 1.807) is 0 Å². The molecular weight excluding hydrogens is 240 g/mol. The molecule has 0 radical (unpaired) electrons. The average Bonchev–Trinajstić information content (AvgIpc) is 2.21. The van der Waals surface area contributed by atoms with E-state index < -0.39 is 13.0 Å². The van der Waals surface area contributed by atoms with Crippen LogP contribution in [0, 0.1) is 0 Å². The highest BCUT2D eigenvalue weighted by atomic mass is 35.5. The largest absolute Gasteiger partial charge is 0.375 e. The number of alkyl halides is 3. The van der Waals surface area contributed by atoms with Crippen molar-refractivity contribution >= 4 is 17.5 Å². The summed E-state index contributed by atoms with van der Waals surface area (Å²) in [5.74, 6) is 0.383. The van der Waals surface area contributed by atoms with Crippen LogP contribution in [0.5, 0.6) is 0 Å². The lowest BCUT2D eigenvalue weighted by Gasteiger charge is -2.13. The molecule has 0 aliphatic heterocycles. The van der Waals surface area contributed by atoms with E-state index in [0.29, 0.717) is 5.88 Å². The summed E-state index contributed by atoms with van der Waals surface area (Å²) in [5.41, 5.74) is 0. The molecular formula is C10H18ClF2NO2. The van der Waals surface area contributed by atoms with E-state index in [1.807, 2.05) is 6.92 Å². The molecule has 0 saturated heterocycles. The minimum Gasteiger partial charge on any atom is -0.375 e. The molecule has 0 aliphatic rings. The number of rotatable bonds is 9. The molecule has 1 atom stereocenters. The average molecular weight is 258 g/mol. The fourth-order valence-corrected chi connectivity index (χ4v) is 1.29. The number of hydrogen-bond donors (Lipinski definition) is 1. The van der Waals surface area contributed by atoms with Gasteiger partial charge in [0, 0.05) is 18.3 Å². The van der Waals surface area contributed by atoms with Gasteiger partial charge in [-0.1, -0.05) is 0 Å². The van der Waals surface area contributed by atoms with E-state index in [4.69, 9.17) is 11.6 Å². The van der Waals surface area contributed by atoms with E-state index in [9.17, 15) is 13.6 Å². The molecule has 0 spiro atoms. The van der Waals surface area contributed by atoms with Gasteiger partial charge in [0.1, 0.15) is 6.61 Å². The highest BCUT2D eigenvalue weighted by Crippen LogP contribution is 1.99. The predicted octanol–water partition coefficient (Wildman–Crippen LogP) is 2.18. The second-order valence-electron chi connectivity index (χ2n) is 3.52. The number of hydrogen-bond acceptors (Lipinski definition) is 2. The van der Waals surface area contributed by atoms with Crippen molar-refractivity contribution in [3.8, 4) is 0 Å². The van der Waals surface area contributed by atoms with E-state index in [0.717, 1.165) is 12.8 Å². The molecule has 6 heteroatoms. The van der Waals surface area contributed by atoms with Crippen LogP contribution in [0.4, 0.5) is 8.78 Å². The molecule has 0 heterocycles. The first-order valence-corrected chi connectivity index (χ1v) is 5.81. The van der Waals surface area contributed by atoms with Gasteiger partial charge in [0.2, 0.25) is 5.91 Å². The predicted molar refractivity (Wildman–Crippen MR) is 59.0 cm³/mol. The van der Waals surface area contributed by atoms with Crippen molar-refractivity contribution in [1.82, 2.24) is 5.32 Å². The first kappa shape index (κ1) is 15.6. The molecule has 1 unspecified atom stereocenters. The van der Waals surface area contributed by atoms with E-state index in [-0.39, 0.29) is 25.0 Å². The number of nitrogens with one attached hydrogen (secondary N) is 1. The molecule has 0 bridgehead atoms. The van der Waals surface area contributed by atoms with Crippen molar-refractivity contribution in [3.05, 3.63) is 0 Å². The maximum absolute atomic E-state index is 11.7. The topological polar surface area (TPSA) is 38.3 Å². The first-order valence-electron chi connectivity index (χ1n) is 5.27. The maximum atomic E-state index is 11.7. The summed E-state index contributed by atoms with van der Waals surface area (Å²) < 4.78 is 27.9. The number of halogens is 3. The minimum atomic E-state index is -2.48. The zero-order valence-corrected chi connectivity index (χ0v) is 10.1. The van der Waals surface area contributed by atoms with Gasteiger partial charge in [-0.15, -0.1) is 11.6 Å². The summed E-state index contributed by atoms with van der Waals surface area (Å²) in [6.45, 7) is 1.29. The van der Waals surface area contributed by atoms with Crippen LogP contribution >= 0.6 is 11.6 Å². The van der Waals surface area contributed by atoms with Gasteiger partial charge >= 0.3 is 0 Å². The number of ether oxygens (including phenoxy) is 1. The molecule has 0 aromatic rings. The van der Waals surface area contributed by atoms with E-state index >= 15 is 0 Å².